The molecule has 0 amide bonds. The van der Waals surface area contributed by atoms with Crippen LogP contribution in [0.3, 0.4) is 0 Å². The number of hydrogen-bond donors (Lipinski definition) is 1. The van der Waals surface area contributed by atoms with Gasteiger partial charge in [0.15, 0.2) is 0 Å². The Kier molecular flexibility index (Phi) is 5.14. The normalized spacial score (nSPS) is 23.0. The van der Waals surface area contributed by atoms with Crippen LogP contribution in [-0.2, 0) is 10.8 Å². The van der Waals surface area contributed by atoms with Gasteiger partial charge in [-0.15, -0.1) is 23.4 Å². The zero-order valence-corrected chi connectivity index (χ0v) is 16.2. The van der Waals surface area contributed by atoms with Crippen molar-refractivity contribution >= 4 is 23.4 Å². The summed E-state index contributed by atoms with van der Waals surface area (Å²) in [4.78, 5) is 1.24. The maximum Gasteiger partial charge on any atom is 0.123 e. The average Bonchev–Trinajstić information content (AvgIpc) is 2.74. The summed E-state index contributed by atoms with van der Waals surface area (Å²) in [6, 6.07) is 4.33. The minimum absolute atomic E-state index is 0.0727. The lowest BCUT2D eigenvalue weighted by Gasteiger charge is -2.28. The van der Waals surface area contributed by atoms with Crippen molar-refractivity contribution < 1.29 is 5.11 Å². The van der Waals surface area contributed by atoms with E-state index in [2.05, 4.69) is 53.7 Å². The first-order chi connectivity index (χ1) is 10.00. The van der Waals surface area contributed by atoms with Gasteiger partial charge in [0.25, 0.3) is 0 Å². The maximum absolute atomic E-state index is 10.8. The molecule has 1 N–H and O–H groups in total. The zero-order chi connectivity index (χ0) is 16.7. The molecular formula is C19H29ClOS. The average molecular weight is 341 g/mol. The predicted molar refractivity (Wildman–Crippen MR) is 98.6 cm³/mol. The minimum atomic E-state index is -0.0727. The Bertz CT molecular complexity index is 504. The number of halogens is 1. The molecule has 0 spiro atoms. The molecule has 2 rings (SSSR count). The summed E-state index contributed by atoms with van der Waals surface area (Å²) < 4.78 is 0. The molecule has 1 fully saturated rings. The molecular weight excluding hydrogens is 312 g/mol. The molecule has 2 atom stereocenters. The second kappa shape index (κ2) is 6.28. The van der Waals surface area contributed by atoms with Crippen molar-refractivity contribution in [3.05, 3.63) is 23.3 Å². The second-order valence-corrected chi connectivity index (χ2v) is 10.3. The number of phenols is 1. The quantitative estimate of drug-likeness (QED) is 0.643. The molecule has 1 aromatic carbocycles. The van der Waals surface area contributed by atoms with Gasteiger partial charge in [-0.25, -0.2) is 0 Å². The van der Waals surface area contributed by atoms with Gasteiger partial charge in [0.05, 0.1) is 0 Å². The van der Waals surface area contributed by atoms with Gasteiger partial charge >= 0.3 is 0 Å². The standard InChI is InChI=1S/C19H29ClOS/c1-18(2,3)13-10-12(22-16-9-7-8-15(16)20)11-14(17(13)21)19(4,5)6/h10-11,15-16,21H,7-9H2,1-6H3. The number of benzene rings is 1. The number of thioether (sulfide) groups is 1. The van der Waals surface area contributed by atoms with Crippen molar-refractivity contribution in [2.75, 3.05) is 0 Å². The van der Waals surface area contributed by atoms with Crippen LogP contribution in [0.4, 0.5) is 0 Å². The third-order valence-corrected chi connectivity index (χ3v) is 6.41. The van der Waals surface area contributed by atoms with Gasteiger partial charge in [0.1, 0.15) is 5.75 Å². The Balaban J connectivity index is 2.46. The van der Waals surface area contributed by atoms with Crippen LogP contribution < -0.4 is 0 Å². The fourth-order valence-corrected chi connectivity index (χ4v) is 4.73. The summed E-state index contributed by atoms with van der Waals surface area (Å²) >= 11 is 8.33. The number of aromatic hydroxyl groups is 1. The Morgan fingerprint density at radius 1 is 1.00 bits per heavy atom. The topological polar surface area (TPSA) is 20.2 Å². The third kappa shape index (κ3) is 3.94. The maximum atomic E-state index is 10.8. The summed E-state index contributed by atoms with van der Waals surface area (Å²) in [6.45, 7) is 12.9. The Labute approximate surface area is 144 Å². The van der Waals surface area contributed by atoms with Crippen LogP contribution in [0, 0.1) is 0 Å². The van der Waals surface area contributed by atoms with Gasteiger partial charge in [-0.3, -0.25) is 0 Å². The molecule has 0 aromatic heterocycles. The largest absolute Gasteiger partial charge is 0.507 e. The van der Waals surface area contributed by atoms with E-state index in [0.29, 0.717) is 11.0 Å². The summed E-state index contributed by atoms with van der Waals surface area (Å²) in [5.74, 6) is 0.457. The third-order valence-electron chi connectivity index (χ3n) is 4.36. The van der Waals surface area contributed by atoms with E-state index >= 15 is 0 Å². The lowest BCUT2D eigenvalue weighted by atomic mass is 9.79. The highest BCUT2D eigenvalue weighted by molar-refractivity contribution is 8.00. The van der Waals surface area contributed by atoms with Crippen LogP contribution >= 0.6 is 23.4 Å². The first-order valence-electron chi connectivity index (χ1n) is 8.19. The number of rotatable bonds is 2. The van der Waals surface area contributed by atoms with Crippen molar-refractivity contribution in [2.45, 2.75) is 87.2 Å². The minimum Gasteiger partial charge on any atom is -0.507 e. The molecule has 0 aliphatic heterocycles. The summed E-state index contributed by atoms with van der Waals surface area (Å²) in [6.07, 6.45) is 3.53. The smallest absolute Gasteiger partial charge is 0.123 e. The van der Waals surface area contributed by atoms with Crippen molar-refractivity contribution in [3.8, 4) is 5.75 Å². The van der Waals surface area contributed by atoms with Crippen LogP contribution in [0.1, 0.15) is 71.9 Å². The van der Waals surface area contributed by atoms with E-state index in [4.69, 9.17) is 11.6 Å². The molecule has 0 radical (unpaired) electrons. The summed E-state index contributed by atoms with van der Waals surface area (Å²) in [7, 11) is 0. The molecule has 124 valence electrons. The van der Waals surface area contributed by atoms with Gasteiger partial charge in [-0.05, 0) is 35.8 Å². The van der Waals surface area contributed by atoms with Crippen molar-refractivity contribution in [1.29, 1.82) is 0 Å². The van der Waals surface area contributed by atoms with Gasteiger partial charge in [0, 0.05) is 26.6 Å². The Morgan fingerprint density at radius 2 is 1.50 bits per heavy atom. The first-order valence-corrected chi connectivity index (χ1v) is 9.50. The molecule has 1 saturated carbocycles. The highest BCUT2D eigenvalue weighted by Gasteiger charge is 2.30. The monoisotopic (exact) mass is 340 g/mol. The lowest BCUT2D eigenvalue weighted by Crippen LogP contribution is -2.18. The summed E-state index contributed by atoms with van der Waals surface area (Å²) in [5, 5.41) is 11.5. The van der Waals surface area contributed by atoms with E-state index in [-0.39, 0.29) is 16.2 Å². The first kappa shape index (κ1) is 18.0. The molecule has 2 unspecified atom stereocenters. The van der Waals surface area contributed by atoms with E-state index in [1.165, 1.54) is 17.7 Å². The van der Waals surface area contributed by atoms with Crippen LogP contribution in [0.25, 0.3) is 0 Å². The molecule has 3 heteroatoms. The van der Waals surface area contributed by atoms with Gasteiger partial charge in [0.2, 0.25) is 0 Å². The summed E-state index contributed by atoms with van der Waals surface area (Å²) in [5.41, 5.74) is 1.92. The lowest BCUT2D eigenvalue weighted by molar-refractivity contribution is 0.422. The van der Waals surface area contributed by atoms with Crippen molar-refractivity contribution in [1.82, 2.24) is 0 Å². The molecule has 1 aromatic rings. The van der Waals surface area contributed by atoms with E-state index < -0.39 is 0 Å². The Hall–Kier alpha value is -0.340. The molecule has 0 bridgehead atoms. The zero-order valence-electron chi connectivity index (χ0n) is 14.7. The number of alkyl halides is 1. The van der Waals surface area contributed by atoms with Crippen LogP contribution in [0.2, 0.25) is 0 Å². The van der Waals surface area contributed by atoms with Crippen molar-refractivity contribution in [3.63, 3.8) is 0 Å². The van der Waals surface area contributed by atoms with Crippen molar-refractivity contribution in [2.24, 2.45) is 0 Å². The van der Waals surface area contributed by atoms with Crippen LogP contribution in [0.15, 0.2) is 17.0 Å². The molecule has 1 aliphatic carbocycles. The molecule has 0 heterocycles. The van der Waals surface area contributed by atoms with Gasteiger partial charge in [-0.1, -0.05) is 48.0 Å². The van der Waals surface area contributed by atoms with Gasteiger partial charge in [-0.2, -0.15) is 0 Å². The van der Waals surface area contributed by atoms with E-state index in [0.717, 1.165) is 17.5 Å². The number of phenolic OH excluding ortho intramolecular Hbond substituents is 1. The molecule has 1 nitrogen and oxygen atoms in total. The second-order valence-electron chi connectivity index (χ2n) is 8.47. The number of hydrogen-bond acceptors (Lipinski definition) is 2. The Morgan fingerprint density at radius 3 is 1.86 bits per heavy atom. The SMILES string of the molecule is CC(C)(C)c1cc(SC2CCCC2Cl)cc(C(C)(C)C)c1O. The van der Waals surface area contributed by atoms with Gasteiger partial charge < -0.3 is 5.11 Å². The predicted octanol–water partition coefficient (Wildman–Crippen LogP) is 6.24. The molecule has 1 aliphatic rings. The molecule has 0 saturated heterocycles. The highest BCUT2D eigenvalue weighted by Crippen LogP contribution is 2.44. The van der Waals surface area contributed by atoms with E-state index in [9.17, 15) is 5.11 Å². The van der Waals surface area contributed by atoms with Crippen LogP contribution in [0.5, 0.6) is 5.75 Å². The van der Waals surface area contributed by atoms with E-state index in [1.54, 1.807) is 0 Å². The van der Waals surface area contributed by atoms with E-state index in [1.807, 2.05) is 11.8 Å². The fourth-order valence-electron chi connectivity index (χ4n) is 3.01. The highest BCUT2D eigenvalue weighted by atomic mass is 35.5. The van der Waals surface area contributed by atoms with Crippen LogP contribution in [-0.4, -0.2) is 15.7 Å². The molecule has 22 heavy (non-hydrogen) atoms. The fraction of sp³-hybridized carbons (Fsp3) is 0.684.